The summed E-state index contributed by atoms with van der Waals surface area (Å²) in [6.45, 7) is 5.97. The second-order valence-corrected chi connectivity index (χ2v) is 7.55. The number of hydrogen-bond acceptors (Lipinski definition) is 3. The molecular weight excluding hydrogens is 382 g/mol. The van der Waals surface area contributed by atoms with Crippen LogP contribution in [0.3, 0.4) is 0 Å². The second-order valence-electron chi connectivity index (χ2n) is 7.14. The normalized spacial score (nSPS) is 11.1. The summed E-state index contributed by atoms with van der Waals surface area (Å²) in [6, 6.07) is 20.4. The third-order valence-electron chi connectivity index (χ3n) is 4.92. The van der Waals surface area contributed by atoms with E-state index < -0.39 is 0 Å². The molecule has 0 spiro atoms. The molecule has 154 valence electrons. The Balaban J connectivity index is 1.64. The fraction of sp³-hybridized carbons (Fsp3) is 0.360. The Morgan fingerprint density at radius 3 is 2.55 bits per heavy atom. The van der Waals surface area contributed by atoms with E-state index in [2.05, 4.69) is 48.6 Å². The van der Waals surface area contributed by atoms with E-state index in [1.807, 2.05) is 24.3 Å². The number of unbranched alkanes of at least 4 members (excludes halogenated alkanes) is 1. The van der Waals surface area contributed by atoms with Gasteiger partial charge in [-0.15, -0.1) is 0 Å². The Morgan fingerprint density at radius 2 is 1.69 bits per heavy atom. The van der Waals surface area contributed by atoms with Crippen molar-refractivity contribution in [1.29, 1.82) is 0 Å². The third kappa shape index (κ3) is 6.46. The predicted molar refractivity (Wildman–Crippen MR) is 122 cm³/mol. The molecule has 0 amide bonds. The maximum absolute atomic E-state index is 6.28. The van der Waals surface area contributed by atoms with Crippen molar-refractivity contribution in [1.82, 2.24) is 5.32 Å². The van der Waals surface area contributed by atoms with E-state index >= 15 is 0 Å². The summed E-state index contributed by atoms with van der Waals surface area (Å²) in [4.78, 5) is 0. The van der Waals surface area contributed by atoms with Gasteiger partial charge in [0.2, 0.25) is 0 Å². The molecule has 4 heteroatoms. The molecule has 0 aliphatic rings. The molecule has 1 N–H and O–H groups in total. The summed E-state index contributed by atoms with van der Waals surface area (Å²) in [5, 5.41) is 6.72. The molecule has 0 heterocycles. The van der Waals surface area contributed by atoms with Gasteiger partial charge in [0.05, 0.1) is 0 Å². The predicted octanol–water partition coefficient (Wildman–Crippen LogP) is 6.37. The highest BCUT2D eigenvalue weighted by atomic mass is 35.5. The first-order valence-electron chi connectivity index (χ1n) is 10.4. The first-order chi connectivity index (χ1) is 14.3. The van der Waals surface area contributed by atoms with E-state index in [1.54, 1.807) is 0 Å². The zero-order chi connectivity index (χ0) is 20.3. The largest absolute Gasteiger partial charge is 0.488 e. The van der Waals surface area contributed by atoms with Crippen molar-refractivity contribution in [2.24, 2.45) is 0 Å². The van der Waals surface area contributed by atoms with Gasteiger partial charge in [-0.05, 0) is 42.3 Å². The lowest BCUT2D eigenvalue weighted by molar-refractivity contribution is 0.128. The summed E-state index contributed by atoms with van der Waals surface area (Å²) in [6.07, 6.45) is 3.32. The minimum atomic E-state index is 0.455. The molecule has 0 aromatic heterocycles. The van der Waals surface area contributed by atoms with E-state index in [4.69, 9.17) is 21.1 Å². The van der Waals surface area contributed by atoms with Gasteiger partial charge in [-0.25, -0.2) is 0 Å². The van der Waals surface area contributed by atoms with Crippen molar-refractivity contribution in [2.45, 2.75) is 39.3 Å². The van der Waals surface area contributed by atoms with Crippen LogP contribution in [0.15, 0.2) is 60.7 Å². The van der Waals surface area contributed by atoms with E-state index in [-0.39, 0.29) is 0 Å². The quantitative estimate of drug-likeness (QED) is 0.351. The Morgan fingerprint density at radius 1 is 0.897 bits per heavy atom. The topological polar surface area (TPSA) is 30.5 Å². The monoisotopic (exact) mass is 411 g/mol. The summed E-state index contributed by atoms with van der Waals surface area (Å²) in [5.74, 6) is 0.898. The van der Waals surface area contributed by atoms with E-state index in [0.29, 0.717) is 6.61 Å². The van der Waals surface area contributed by atoms with Gasteiger partial charge < -0.3 is 14.8 Å². The maximum Gasteiger partial charge on any atom is 0.124 e. The number of hydrogen-bond donors (Lipinski definition) is 1. The van der Waals surface area contributed by atoms with Crippen molar-refractivity contribution in [3.63, 3.8) is 0 Å². The van der Waals surface area contributed by atoms with Gasteiger partial charge in [0.15, 0.2) is 0 Å². The average molecular weight is 412 g/mol. The van der Waals surface area contributed by atoms with Crippen LogP contribution in [-0.2, 0) is 17.9 Å². The number of halogens is 1. The lowest BCUT2D eigenvalue weighted by atomic mass is 10.0. The van der Waals surface area contributed by atoms with Crippen molar-refractivity contribution >= 4 is 22.4 Å². The van der Waals surface area contributed by atoms with Crippen LogP contribution in [0.4, 0.5) is 0 Å². The molecule has 3 aromatic carbocycles. The maximum atomic E-state index is 6.28. The minimum absolute atomic E-state index is 0.455. The Bertz CT molecular complexity index is 897. The number of fused-ring (bicyclic) bond motifs is 1. The van der Waals surface area contributed by atoms with Gasteiger partial charge in [-0.3, -0.25) is 0 Å². The molecule has 0 atom stereocenters. The van der Waals surface area contributed by atoms with Crippen LogP contribution < -0.4 is 10.1 Å². The van der Waals surface area contributed by atoms with Crippen LogP contribution in [0.25, 0.3) is 10.8 Å². The summed E-state index contributed by atoms with van der Waals surface area (Å²) >= 11 is 6.28. The standard InChI is InChI=1S/C25H30ClNO2/c1-2-3-16-28-17-8-15-27-18-23-22-11-6-4-9-20(22)13-14-25(23)29-19-21-10-5-7-12-24(21)26/h4-7,9-14,27H,2-3,8,15-19H2,1H3. The third-order valence-corrected chi connectivity index (χ3v) is 5.29. The van der Waals surface area contributed by atoms with Crippen molar-refractivity contribution in [2.75, 3.05) is 19.8 Å². The molecule has 0 bridgehead atoms. The molecule has 0 saturated carbocycles. The van der Waals surface area contributed by atoms with Crippen LogP contribution in [0.2, 0.25) is 5.02 Å². The zero-order valence-electron chi connectivity index (χ0n) is 17.1. The fourth-order valence-corrected chi connectivity index (χ4v) is 3.46. The Hall–Kier alpha value is -2.07. The molecule has 0 unspecified atom stereocenters. The van der Waals surface area contributed by atoms with Gasteiger partial charge in [-0.1, -0.05) is 73.5 Å². The van der Waals surface area contributed by atoms with Crippen molar-refractivity contribution < 1.29 is 9.47 Å². The van der Waals surface area contributed by atoms with Gasteiger partial charge in [0, 0.05) is 35.9 Å². The lowest BCUT2D eigenvalue weighted by Crippen LogP contribution is -2.17. The lowest BCUT2D eigenvalue weighted by Gasteiger charge is -2.16. The molecular formula is C25H30ClNO2. The molecule has 3 nitrogen and oxygen atoms in total. The van der Waals surface area contributed by atoms with Crippen LogP contribution in [-0.4, -0.2) is 19.8 Å². The molecule has 0 aliphatic heterocycles. The van der Waals surface area contributed by atoms with Crippen LogP contribution in [0.5, 0.6) is 5.75 Å². The van der Waals surface area contributed by atoms with Crippen LogP contribution in [0, 0.1) is 0 Å². The summed E-state index contributed by atoms with van der Waals surface area (Å²) in [5.41, 5.74) is 2.17. The summed E-state index contributed by atoms with van der Waals surface area (Å²) in [7, 11) is 0. The van der Waals surface area contributed by atoms with Gasteiger partial charge in [0.25, 0.3) is 0 Å². The molecule has 0 radical (unpaired) electrons. The molecule has 3 aromatic rings. The van der Waals surface area contributed by atoms with Crippen LogP contribution >= 0.6 is 11.6 Å². The van der Waals surface area contributed by atoms with Crippen LogP contribution in [0.1, 0.15) is 37.3 Å². The Labute approximate surface area is 179 Å². The second kappa shape index (κ2) is 11.8. The molecule has 0 aliphatic carbocycles. The van der Waals surface area contributed by atoms with E-state index in [9.17, 15) is 0 Å². The average Bonchev–Trinajstić information content (AvgIpc) is 2.75. The molecule has 0 saturated heterocycles. The molecule has 0 fully saturated rings. The zero-order valence-corrected chi connectivity index (χ0v) is 17.9. The van der Waals surface area contributed by atoms with Gasteiger partial charge in [0.1, 0.15) is 12.4 Å². The fourth-order valence-electron chi connectivity index (χ4n) is 3.27. The first kappa shape index (κ1) is 21.6. The molecule has 3 rings (SSSR count). The van der Waals surface area contributed by atoms with Gasteiger partial charge >= 0.3 is 0 Å². The van der Waals surface area contributed by atoms with Gasteiger partial charge in [-0.2, -0.15) is 0 Å². The summed E-state index contributed by atoms with van der Waals surface area (Å²) < 4.78 is 11.8. The number of benzene rings is 3. The highest BCUT2D eigenvalue weighted by Gasteiger charge is 2.10. The first-order valence-corrected chi connectivity index (χ1v) is 10.8. The van der Waals surface area contributed by atoms with E-state index in [1.165, 1.54) is 22.8 Å². The smallest absolute Gasteiger partial charge is 0.124 e. The van der Waals surface area contributed by atoms with E-state index in [0.717, 1.165) is 55.5 Å². The highest BCUT2D eigenvalue weighted by molar-refractivity contribution is 6.31. The van der Waals surface area contributed by atoms with Crippen molar-refractivity contribution in [3.8, 4) is 5.75 Å². The SMILES string of the molecule is CCCCOCCCNCc1c(OCc2ccccc2Cl)ccc2ccccc12. The highest BCUT2D eigenvalue weighted by Crippen LogP contribution is 2.29. The number of rotatable bonds is 12. The number of ether oxygens (including phenoxy) is 2. The number of nitrogens with one attached hydrogen (secondary N) is 1. The molecule has 29 heavy (non-hydrogen) atoms. The minimum Gasteiger partial charge on any atom is -0.488 e. The Kier molecular flexibility index (Phi) is 8.82. The van der Waals surface area contributed by atoms with Crippen molar-refractivity contribution in [3.05, 3.63) is 76.8 Å².